The number of benzene rings is 1. The number of aromatic nitrogens is 3. The number of nitrogens with one attached hydrogen (secondary N) is 1. The normalized spacial score (nSPS) is 11.9. The van der Waals surface area contributed by atoms with Gasteiger partial charge in [-0.1, -0.05) is 6.07 Å². The van der Waals surface area contributed by atoms with Crippen LogP contribution in [0.5, 0.6) is 0 Å². The molecule has 29 heavy (non-hydrogen) atoms. The summed E-state index contributed by atoms with van der Waals surface area (Å²) in [7, 11) is -0.535. The second-order valence-electron chi connectivity index (χ2n) is 6.92. The average Bonchev–Trinajstić information content (AvgIpc) is 3.02. The topological polar surface area (TPSA) is 97.2 Å². The van der Waals surface area contributed by atoms with E-state index in [0.717, 1.165) is 17.0 Å². The zero-order valence-electron chi connectivity index (χ0n) is 17.0. The van der Waals surface area contributed by atoms with Gasteiger partial charge in [0, 0.05) is 39.2 Å². The molecule has 0 saturated heterocycles. The molecule has 0 unspecified atom stereocenters. The molecule has 0 saturated carbocycles. The number of carbonyl (C=O) groups excluding carboxylic acids is 1. The quantitative estimate of drug-likeness (QED) is 0.640. The van der Waals surface area contributed by atoms with E-state index in [1.165, 1.54) is 18.4 Å². The Labute approximate surface area is 170 Å². The first kappa shape index (κ1) is 20.9. The van der Waals surface area contributed by atoms with Crippen molar-refractivity contribution < 1.29 is 13.2 Å². The van der Waals surface area contributed by atoms with E-state index in [1.807, 2.05) is 30.5 Å². The van der Waals surface area contributed by atoms with E-state index in [4.69, 9.17) is 0 Å². The minimum atomic E-state index is -3.53. The molecular weight excluding hydrogens is 390 g/mol. The van der Waals surface area contributed by atoms with E-state index in [1.54, 1.807) is 24.3 Å². The van der Waals surface area contributed by atoms with Crippen LogP contribution in [0.25, 0.3) is 11.0 Å². The summed E-state index contributed by atoms with van der Waals surface area (Å²) in [6, 6.07) is 10.4. The third kappa shape index (κ3) is 4.46. The average molecular weight is 416 g/mol. The fourth-order valence-corrected chi connectivity index (χ4v) is 4.04. The van der Waals surface area contributed by atoms with Crippen LogP contribution >= 0.6 is 0 Å². The minimum absolute atomic E-state index is 0.145. The second kappa shape index (κ2) is 8.30. The van der Waals surface area contributed by atoms with Crippen molar-refractivity contribution in [2.45, 2.75) is 38.1 Å². The molecule has 0 aliphatic heterocycles. The SMILES string of the molecule is CCn1c(CCC(=O)Nc2cccc(C)n2)nc2cc(S(=O)(=O)N(C)C)ccc21. The second-order valence-corrected chi connectivity index (χ2v) is 9.07. The van der Waals surface area contributed by atoms with E-state index in [-0.39, 0.29) is 17.2 Å². The molecule has 0 aliphatic rings. The summed E-state index contributed by atoms with van der Waals surface area (Å²) in [4.78, 5) is 21.4. The molecule has 1 amide bonds. The first-order valence-corrected chi connectivity index (χ1v) is 10.8. The first-order valence-electron chi connectivity index (χ1n) is 9.37. The molecule has 0 aliphatic carbocycles. The number of sulfonamides is 1. The lowest BCUT2D eigenvalue weighted by Gasteiger charge is -2.11. The molecule has 0 spiro atoms. The summed E-state index contributed by atoms with van der Waals surface area (Å²) in [6.45, 7) is 4.53. The van der Waals surface area contributed by atoms with Crippen LogP contribution in [-0.2, 0) is 27.8 Å². The van der Waals surface area contributed by atoms with Crippen LogP contribution in [0.3, 0.4) is 0 Å². The summed E-state index contributed by atoms with van der Waals surface area (Å²) >= 11 is 0. The largest absolute Gasteiger partial charge is 0.328 e. The molecular formula is C20H25N5O3S. The number of hydrogen-bond donors (Lipinski definition) is 1. The van der Waals surface area contributed by atoms with Crippen LogP contribution in [0, 0.1) is 6.92 Å². The highest BCUT2D eigenvalue weighted by Crippen LogP contribution is 2.23. The molecule has 154 valence electrons. The van der Waals surface area contributed by atoms with Crippen LogP contribution in [0.4, 0.5) is 5.82 Å². The number of rotatable bonds is 7. The molecule has 8 nitrogen and oxygen atoms in total. The van der Waals surface area contributed by atoms with Gasteiger partial charge >= 0.3 is 0 Å². The Bertz CT molecular complexity index is 1150. The predicted octanol–water partition coefficient (Wildman–Crippen LogP) is 2.58. The zero-order valence-corrected chi connectivity index (χ0v) is 17.8. The van der Waals surface area contributed by atoms with Crippen LogP contribution in [0.2, 0.25) is 0 Å². The third-order valence-electron chi connectivity index (χ3n) is 4.63. The van der Waals surface area contributed by atoms with Crippen molar-refractivity contribution in [2.75, 3.05) is 19.4 Å². The highest BCUT2D eigenvalue weighted by molar-refractivity contribution is 7.89. The Morgan fingerprint density at radius 1 is 1.17 bits per heavy atom. The number of imidazole rings is 1. The van der Waals surface area contributed by atoms with Gasteiger partial charge in [-0.2, -0.15) is 0 Å². The van der Waals surface area contributed by atoms with E-state index in [9.17, 15) is 13.2 Å². The molecule has 0 bridgehead atoms. The molecule has 1 aromatic carbocycles. The maximum atomic E-state index is 12.4. The van der Waals surface area contributed by atoms with Crippen molar-refractivity contribution >= 4 is 32.8 Å². The molecule has 9 heteroatoms. The molecule has 3 rings (SSSR count). The van der Waals surface area contributed by atoms with Crippen LogP contribution in [-0.4, -0.2) is 47.3 Å². The number of carbonyl (C=O) groups is 1. The van der Waals surface area contributed by atoms with Gasteiger partial charge in [0.05, 0.1) is 15.9 Å². The van der Waals surface area contributed by atoms with E-state index in [0.29, 0.717) is 24.3 Å². The van der Waals surface area contributed by atoms with E-state index >= 15 is 0 Å². The number of pyridine rings is 1. The lowest BCUT2D eigenvalue weighted by atomic mass is 10.2. The van der Waals surface area contributed by atoms with E-state index < -0.39 is 10.0 Å². The van der Waals surface area contributed by atoms with Gasteiger partial charge in [-0.3, -0.25) is 4.79 Å². The van der Waals surface area contributed by atoms with Crippen molar-refractivity contribution in [3.63, 3.8) is 0 Å². The number of nitrogens with zero attached hydrogens (tertiary/aromatic N) is 4. The minimum Gasteiger partial charge on any atom is -0.328 e. The number of fused-ring (bicyclic) bond motifs is 1. The van der Waals surface area contributed by atoms with Gasteiger partial charge in [0.2, 0.25) is 15.9 Å². The summed E-state index contributed by atoms with van der Waals surface area (Å²) in [6.07, 6.45) is 0.692. The highest BCUT2D eigenvalue weighted by atomic mass is 32.2. The number of anilines is 1. The molecule has 0 fully saturated rings. The lowest BCUT2D eigenvalue weighted by molar-refractivity contribution is -0.116. The fourth-order valence-electron chi connectivity index (χ4n) is 3.12. The van der Waals surface area contributed by atoms with E-state index in [2.05, 4.69) is 15.3 Å². The Morgan fingerprint density at radius 2 is 1.93 bits per heavy atom. The molecule has 1 N–H and O–H groups in total. The highest BCUT2D eigenvalue weighted by Gasteiger charge is 2.19. The van der Waals surface area contributed by atoms with Crippen LogP contribution in [0.1, 0.15) is 24.9 Å². The van der Waals surface area contributed by atoms with Gasteiger partial charge in [-0.15, -0.1) is 0 Å². The Kier molecular flexibility index (Phi) is 5.99. The maximum Gasteiger partial charge on any atom is 0.242 e. The number of hydrogen-bond acceptors (Lipinski definition) is 5. The van der Waals surface area contributed by atoms with Crippen molar-refractivity contribution in [3.05, 3.63) is 47.9 Å². The number of amides is 1. The fraction of sp³-hybridized carbons (Fsp3) is 0.350. The lowest BCUT2D eigenvalue weighted by Crippen LogP contribution is -2.22. The maximum absolute atomic E-state index is 12.4. The molecule has 0 atom stereocenters. The van der Waals surface area contributed by atoms with Gasteiger partial charge in [-0.25, -0.2) is 22.7 Å². The molecule has 2 heterocycles. The van der Waals surface area contributed by atoms with Crippen molar-refractivity contribution in [1.82, 2.24) is 18.8 Å². The molecule has 3 aromatic rings. The predicted molar refractivity (Wildman–Crippen MR) is 112 cm³/mol. The monoisotopic (exact) mass is 415 g/mol. The first-order chi connectivity index (χ1) is 13.7. The van der Waals surface area contributed by atoms with Crippen LogP contribution in [0.15, 0.2) is 41.3 Å². The summed E-state index contributed by atoms with van der Waals surface area (Å²) in [5.74, 6) is 1.13. The van der Waals surface area contributed by atoms with Crippen molar-refractivity contribution in [1.29, 1.82) is 0 Å². The van der Waals surface area contributed by atoms with Gasteiger partial charge in [0.25, 0.3) is 0 Å². The van der Waals surface area contributed by atoms with Gasteiger partial charge in [0.1, 0.15) is 11.6 Å². The van der Waals surface area contributed by atoms with Gasteiger partial charge < -0.3 is 9.88 Å². The number of aryl methyl sites for hydroxylation is 3. The third-order valence-corrected chi connectivity index (χ3v) is 6.44. The van der Waals surface area contributed by atoms with Gasteiger partial charge in [0.15, 0.2) is 0 Å². The zero-order chi connectivity index (χ0) is 21.2. The summed E-state index contributed by atoms with van der Waals surface area (Å²) < 4.78 is 27.9. The Balaban J connectivity index is 1.81. The Hall–Kier alpha value is -2.78. The Morgan fingerprint density at radius 3 is 2.59 bits per heavy atom. The van der Waals surface area contributed by atoms with Crippen molar-refractivity contribution in [2.24, 2.45) is 0 Å². The summed E-state index contributed by atoms with van der Waals surface area (Å²) in [5, 5.41) is 2.79. The summed E-state index contributed by atoms with van der Waals surface area (Å²) in [5.41, 5.74) is 2.28. The molecule has 0 radical (unpaired) electrons. The molecule has 2 aromatic heterocycles. The van der Waals surface area contributed by atoms with Crippen LogP contribution < -0.4 is 5.32 Å². The van der Waals surface area contributed by atoms with Gasteiger partial charge in [-0.05, 0) is 44.2 Å². The standard InChI is InChI=1S/C20H25N5O3S/c1-5-25-17-10-9-15(29(27,28)24(3)4)13-16(17)22-19(25)11-12-20(26)23-18-8-6-7-14(2)21-18/h6-10,13H,5,11-12H2,1-4H3,(H,21,23,26). The van der Waals surface area contributed by atoms with Crippen molar-refractivity contribution in [3.8, 4) is 0 Å². The smallest absolute Gasteiger partial charge is 0.242 e.